The van der Waals surface area contributed by atoms with Gasteiger partial charge in [-0.25, -0.2) is 4.39 Å². The molecule has 2 nitrogen and oxygen atoms in total. The number of hydrogen-bond donors (Lipinski definition) is 0. The lowest BCUT2D eigenvalue weighted by Gasteiger charge is -2.14. The van der Waals surface area contributed by atoms with Gasteiger partial charge in [0, 0.05) is 5.56 Å². The highest BCUT2D eigenvalue weighted by molar-refractivity contribution is 5.68. The van der Waals surface area contributed by atoms with Crippen molar-refractivity contribution in [1.29, 1.82) is 0 Å². The normalized spacial score (nSPS) is 10.9. The van der Waals surface area contributed by atoms with Crippen LogP contribution in [0.4, 0.5) is 4.39 Å². The van der Waals surface area contributed by atoms with Crippen LogP contribution in [0.1, 0.15) is 19.4 Å². The van der Waals surface area contributed by atoms with Gasteiger partial charge in [0.15, 0.2) is 11.6 Å². The van der Waals surface area contributed by atoms with Gasteiger partial charge in [0.1, 0.15) is 0 Å². The largest absolute Gasteiger partial charge is 0.494 e. The Kier molecular flexibility index (Phi) is 3.70. The maximum atomic E-state index is 14.3. The minimum atomic E-state index is -0.273. The van der Waals surface area contributed by atoms with E-state index in [0.717, 1.165) is 11.1 Å². The number of halogens is 1. The Morgan fingerprint density at radius 1 is 1.28 bits per heavy atom. The quantitative estimate of drug-likeness (QED) is 0.805. The van der Waals surface area contributed by atoms with Crippen molar-refractivity contribution in [2.45, 2.75) is 20.3 Å². The molecular weight excluding hydrogens is 231 g/mol. The summed E-state index contributed by atoms with van der Waals surface area (Å²) in [4.78, 5) is 0. The molecule has 3 heteroatoms. The van der Waals surface area contributed by atoms with E-state index >= 15 is 0 Å². The van der Waals surface area contributed by atoms with E-state index < -0.39 is 0 Å². The second kappa shape index (κ2) is 5.25. The lowest BCUT2D eigenvalue weighted by molar-refractivity contribution is 0.383. The zero-order chi connectivity index (χ0) is 13.1. The van der Waals surface area contributed by atoms with Gasteiger partial charge in [0.25, 0.3) is 0 Å². The molecule has 96 valence electrons. The van der Waals surface area contributed by atoms with Crippen LogP contribution in [0.15, 0.2) is 35.1 Å². The first kappa shape index (κ1) is 12.7. The van der Waals surface area contributed by atoms with E-state index in [-0.39, 0.29) is 11.6 Å². The summed E-state index contributed by atoms with van der Waals surface area (Å²) in [6, 6.07) is 5.37. The van der Waals surface area contributed by atoms with Crippen molar-refractivity contribution in [1.82, 2.24) is 0 Å². The highest BCUT2D eigenvalue weighted by Crippen LogP contribution is 2.32. The molecule has 0 spiro atoms. The molecule has 0 saturated heterocycles. The molecule has 0 unspecified atom stereocenters. The summed E-state index contributed by atoms with van der Waals surface area (Å²) >= 11 is 0. The molecular formula is C15H17FO2. The number of hydrogen-bond acceptors (Lipinski definition) is 2. The molecule has 0 N–H and O–H groups in total. The van der Waals surface area contributed by atoms with Crippen molar-refractivity contribution < 1.29 is 13.5 Å². The van der Waals surface area contributed by atoms with Crippen LogP contribution in [0, 0.1) is 11.7 Å². The molecule has 0 aliphatic rings. The zero-order valence-electron chi connectivity index (χ0n) is 10.9. The average molecular weight is 248 g/mol. The van der Waals surface area contributed by atoms with E-state index in [1.54, 1.807) is 18.6 Å². The van der Waals surface area contributed by atoms with Gasteiger partial charge in [-0.15, -0.1) is 0 Å². The molecule has 0 bridgehead atoms. The van der Waals surface area contributed by atoms with Crippen LogP contribution in [0.2, 0.25) is 0 Å². The molecule has 2 rings (SSSR count). The molecule has 0 amide bonds. The van der Waals surface area contributed by atoms with Gasteiger partial charge in [0.2, 0.25) is 0 Å². The second-order valence-electron chi connectivity index (χ2n) is 4.72. The highest BCUT2D eigenvalue weighted by Gasteiger charge is 2.16. The molecule has 0 radical (unpaired) electrons. The standard InChI is InChI=1S/C15H17FO2/c1-10(2)8-13-12(11-6-7-18-9-11)4-5-14(17-3)15(13)16/h4-7,9-10H,8H2,1-3H3. The molecule has 1 heterocycles. The van der Waals surface area contributed by atoms with Crippen molar-refractivity contribution in [3.05, 3.63) is 42.1 Å². The first-order valence-electron chi connectivity index (χ1n) is 6.01. The molecule has 0 fully saturated rings. The third-order valence-electron chi connectivity index (χ3n) is 2.87. The summed E-state index contributed by atoms with van der Waals surface area (Å²) in [7, 11) is 1.48. The van der Waals surface area contributed by atoms with E-state index in [0.29, 0.717) is 17.9 Å². The lowest BCUT2D eigenvalue weighted by atomic mass is 9.94. The Balaban J connectivity index is 2.55. The van der Waals surface area contributed by atoms with Gasteiger partial charge in [0.05, 0.1) is 19.6 Å². The lowest BCUT2D eigenvalue weighted by Crippen LogP contribution is -2.02. The molecule has 0 saturated carbocycles. The monoisotopic (exact) mass is 248 g/mol. The summed E-state index contributed by atoms with van der Waals surface area (Å²) in [6.45, 7) is 4.14. The van der Waals surface area contributed by atoms with Gasteiger partial charge < -0.3 is 9.15 Å². The molecule has 18 heavy (non-hydrogen) atoms. The van der Waals surface area contributed by atoms with E-state index in [2.05, 4.69) is 13.8 Å². The van der Waals surface area contributed by atoms with Crippen molar-refractivity contribution in [3.63, 3.8) is 0 Å². The van der Waals surface area contributed by atoms with Crippen LogP contribution in [-0.4, -0.2) is 7.11 Å². The average Bonchev–Trinajstić information content (AvgIpc) is 2.84. The molecule has 0 atom stereocenters. The van der Waals surface area contributed by atoms with Crippen molar-refractivity contribution >= 4 is 0 Å². The number of ether oxygens (including phenoxy) is 1. The third kappa shape index (κ3) is 2.40. The molecule has 1 aromatic carbocycles. The van der Waals surface area contributed by atoms with Gasteiger partial charge >= 0.3 is 0 Å². The molecule has 0 aliphatic carbocycles. The Morgan fingerprint density at radius 3 is 2.61 bits per heavy atom. The van der Waals surface area contributed by atoms with Crippen LogP contribution in [0.3, 0.4) is 0 Å². The fraction of sp³-hybridized carbons (Fsp3) is 0.333. The smallest absolute Gasteiger partial charge is 0.168 e. The maximum absolute atomic E-state index is 14.3. The fourth-order valence-corrected chi connectivity index (χ4v) is 2.05. The van der Waals surface area contributed by atoms with Gasteiger partial charge in [-0.2, -0.15) is 0 Å². The van der Waals surface area contributed by atoms with E-state index in [1.165, 1.54) is 7.11 Å². The van der Waals surface area contributed by atoms with E-state index in [1.807, 2.05) is 12.1 Å². The molecule has 1 aromatic heterocycles. The Bertz CT molecular complexity index is 516. The predicted octanol–water partition coefficient (Wildman–Crippen LogP) is 4.29. The van der Waals surface area contributed by atoms with Crippen molar-refractivity contribution in [2.75, 3.05) is 7.11 Å². The Hall–Kier alpha value is -1.77. The third-order valence-corrected chi connectivity index (χ3v) is 2.87. The summed E-state index contributed by atoms with van der Waals surface area (Å²) < 4.78 is 24.4. The van der Waals surface area contributed by atoms with Gasteiger partial charge in [-0.1, -0.05) is 19.9 Å². The SMILES string of the molecule is COc1ccc(-c2ccoc2)c(CC(C)C)c1F. The minimum Gasteiger partial charge on any atom is -0.494 e. The number of furan rings is 1. The van der Waals surface area contributed by atoms with Crippen LogP contribution in [0.5, 0.6) is 5.75 Å². The summed E-state index contributed by atoms with van der Waals surface area (Å²) in [6.07, 6.45) is 3.89. The molecule has 0 aliphatic heterocycles. The van der Waals surface area contributed by atoms with Crippen LogP contribution < -0.4 is 4.74 Å². The van der Waals surface area contributed by atoms with Crippen LogP contribution >= 0.6 is 0 Å². The highest BCUT2D eigenvalue weighted by atomic mass is 19.1. The number of benzene rings is 1. The minimum absolute atomic E-state index is 0.273. The van der Waals surface area contributed by atoms with Crippen molar-refractivity contribution in [2.24, 2.45) is 5.92 Å². The zero-order valence-corrected chi connectivity index (χ0v) is 10.9. The summed E-state index contributed by atoms with van der Waals surface area (Å²) in [5.41, 5.74) is 2.45. The van der Waals surface area contributed by atoms with Crippen molar-refractivity contribution in [3.8, 4) is 16.9 Å². The van der Waals surface area contributed by atoms with Crippen LogP contribution in [-0.2, 0) is 6.42 Å². The Morgan fingerprint density at radius 2 is 2.06 bits per heavy atom. The van der Waals surface area contributed by atoms with E-state index in [4.69, 9.17) is 9.15 Å². The number of rotatable bonds is 4. The number of methoxy groups -OCH3 is 1. The molecule has 2 aromatic rings. The fourth-order valence-electron chi connectivity index (χ4n) is 2.05. The van der Waals surface area contributed by atoms with E-state index in [9.17, 15) is 4.39 Å². The van der Waals surface area contributed by atoms with Gasteiger partial charge in [-0.05, 0) is 35.6 Å². The Labute approximate surface area is 106 Å². The second-order valence-corrected chi connectivity index (χ2v) is 4.72. The first-order valence-corrected chi connectivity index (χ1v) is 6.01. The maximum Gasteiger partial charge on any atom is 0.168 e. The van der Waals surface area contributed by atoms with Gasteiger partial charge in [-0.3, -0.25) is 0 Å². The first-order chi connectivity index (χ1) is 8.63. The van der Waals surface area contributed by atoms with Crippen LogP contribution in [0.25, 0.3) is 11.1 Å². The predicted molar refractivity (Wildman–Crippen MR) is 69.2 cm³/mol. The topological polar surface area (TPSA) is 22.4 Å². The summed E-state index contributed by atoms with van der Waals surface area (Å²) in [5, 5.41) is 0. The summed E-state index contributed by atoms with van der Waals surface area (Å²) in [5.74, 6) is 0.389.